The van der Waals surface area contributed by atoms with E-state index in [1.165, 1.54) is 12.1 Å². The molecule has 0 aromatic carbocycles. The number of hydrogen-bond donors (Lipinski definition) is 3. The number of aromatic amines is 1. The van der Waals surface area contributed by atoms with Crippen molar-refractivity contribution >= 4 is 29.3 Å². The Balaban J connectivity index is 1.36. The zero-order valence-electron chi connectivity index (χ0n) is 16.7. The summed E-state index contributed by atoms with van der Waals surface area (Å²) in [4.78, 5) is 23.0. The maximum Gasteiger partial charge on any atom is 0.230 e. The van der Waals surface area contributed by atoms with Crippen molar-refractivity contribution < 1.29 is 4.79 Å². The van der Waals surface area contributed by atoms with Gasteiger partial charge < -0.3 is 15.5 Å². The third kappa shape index (κ3) is 3.64. The number of aromatic nitrogens is 5. The Hall–Kier alpha value is -3.10. The van der Waals surface area contributed by atoms with Crippen molar-refractivity contribution in [3.8, 4) is 0 Å². The summed E-state index contributed by atoms with van der Waals surface area (Å²) in [6.07, 6.45) is 4.94. The molecule has 5 rings (SSSR count). The maximum atomic E-state index is 11.3. The number of nitrogens with zero attached hydrogens (tertiary/aromatic N) is 5. The average molecular weight is 394 g/mol. The molecule has 2 atom stereocenters. The number of carbonyl (C=O) groups is 1. The fourth-order valence-electron chi connectivity index (χ4n) is 4.12. The molecule has 1 aliphatic heterocycles. The van der Waals surface area contributed by atoms with Crippen molar-refractivity contribution in [2.75, 3.05) is 23.3 Å². The standard InChI is InChI=1S/C20H26N8O/c1-12-10-15(12)16-11-17(26-25-16)22-20-24-19(23-18-4-3-7-28(18)20)27-8-5-14(6-9-27)21-13(2)29/h3-4,7,11-12,14-15H,5-6,8-10H2,1-2H3,(H,21,29)(H2,22,23,24,25,26). The highest BCUT2D eigenvalue weighted by atomic mass is 16.1. The van der Waals surface area contributed by atoms with Gasteiger partial charge in [0, 0.05) is 49.9 Å². The first-order valence-corrected chi connectivity index (χ1v) is 10.3. The zero-order valence-corrected chi connectivity index (χ0v) is 16.7. The van der Waals surface area contributed by atoms with Crippen LogP contribution in [0.25, 0.3) is 5.65 Å². The van der Waals surface area contributed by atoms with E-state index >= 15 is 0 Å². The Kier molecular flexibility index (Phi) is 4.37. The summed E-state index contributed by atoms with van der Waals surface area (Å²) in [5.41, 5.74) is 2.02. The monoisotopic (exact) mass is 394 g/mol. The van der Waals surface area contributed by atoms with Crippen LogP contribution in [0, 0.1) is 5.92 Å². The van der Waals surface area contributed by atoms with Crippen molar-refractivity contribution in [1.29, 1.82) is 0 Å². The van der Waals surface area contributed by atoms with Gasteiger partial charge in [-0.25, -0.2) is 0 Å². The molecule has 29 heavy (non-hydrogen) atoms. The summed E-state index contributed by atoms with van der Waals surface area (Å²) in [5, 5.41) is 13.9. The van der Waals surface area contributed by atoms with Crippen molar-refractivity contribution in [2.45, 2.75) is 45.1 Å². The minimum atomic E-state index is 0.0276. The van der Waals surface area contributed by atoms with Gasteiger partial charge in [0.05, 0.1) is 0 Å². The van der Waals surface area contributed by atoms with Gasteiger partial charge in [-0.1, -0.05) is 6.92 Å². The summed E-state index contributed by atoms with van der Waals surface area (Å²) < 4.78 is 1.93. The lowest BCUT2D eigenvalue weighted by atomic mass is 10.1. The highest BCUT2D eigenvalue weighted by Gasteiger charge is 2.35. The Morgan fingerprint density at radius 2 is 2.07 bits per heavy atom. The number of carbonyl (C=O) groups excluding carboxylic acids is 1. The Labute approximate surface area is 168 Å². The number of amides is 1. The van der Waals surface area contributed by atoms with Crippen LogP contribution in [0.15, 0.2) is 24.4 Å². The molecule has 1 amide bonds. The highest BCUT2D eigenvalue weighted by molar-refractivity contribution is 5.73. The number of anilines is 3. The van der Waals surface area contributed by atoms with Gasteiger partial charge in [-0.3, -0.25) is 14.3 Å². The lowest BCUT2D eigenvalue weighted by Crippen LogP contribution is -2.44. The van der Waals surface area contributed by atoms with E-state index in [4.69, 9.17) is 9.97 Å². The molecular weight excluding hydrogens is 368 g/mol. The van der Waals surface area contributed by atoms with E-state index in [1.54, 1.807) is 6.92 Å². The molecule has 2 fully saturated rings. The first-order valence-electron chi connectivity index (χ1n) is 10.3. The van der Waals surface area contributed by atoms with Crippen molar-refractivity contribution in [3.63, 3.8) is 0 Å². The SMILES string of the molecule is CC(=O)NC1CCN(c2nc(Nc3cc(C4CC4C)[nH]n3)n3cccc3n2)CC1. The average Bonchev–Trinajstić information content (AvgIpc) is 3.09. The molecule has 9 heteroatoms. The number of rotatable bonds is 5. The first-order chi connectivity index (χ1) is 14.1. The molecule has 0 spiro atoms. The summed E-state index contributed by atoms with van der Waals surface area (Å²) >= 11 is 0. The molecule has 3 aromatic rings. The van der Waals surface area contributed by atoms with Crippen molar-refractivity contribution in [3.05, 3.63) is 30.1 Å². The molecule has 1 saturated carbocycles. The second kappa shape index (κ2) is 7.06. The van der Waals surface area contributed by atoms with Gasteiger partial charge in [-0.2, -0.15) is 15.1 Å². The van der Waals surface area contributed by atoms with E-state index in [0.29, 0.717) is 17.8 Å². The largest absolute Gasteiger partial charge is 0.353 e. The predicted octanol–water partition coefficient (Wildman–Crippen LogP) is 2.42. The van der Waals surface area contributed by atoms with E-state index in [2.05, 4.69) is 38.7 Å². The topological polar surface area (TPSA) is 103 Å². The number of piperidine rings is 1. The van der Waals surface area contributed by atoms with Crippen LogP contribution >= 0.6 is 0 Å². The molecular formula is C20H26N8O. The van der Waals surface area contributed by atoms with E-state index in [0.717, 1.165) is 43.3 Å². The van der Waals surface area contributed by atoms with Crippen LogP contribution in [0.5, 0.6) is 0 Å². The number of H-pyrrole nitrogens is 1. The van der Waals surface area contributed by atoms with Crippen LogP contribution in [-0.2, 0) is 4.79 Å². The Morgan fingerprint density at radius 1 is 1.28 bits per heavy atom. The quantitative estimate of drug-likeness (QED) is 0.614. The lowest BCUT2D eigenvalue weighted by Gasteiger charge is -2.32. The van der Waals surface area contributed by atoms with Gasteiger partial charge in [-0.05, 0) is 37.3 Å². The fraction of sp³-hybridized carbons (Fsp3) is 0.500. The summed E-state index contributed by atoms with van der Waals surface area (Å²) in [7, 11) is 0. The van der Waals surface area contributed by atoms with Crippen LogP contribution in [0.4, 0.5) is 17.7 Å². The molecule has 0 bridgehead atoms. The van der Waals surface area contributed by atoms with Gasteiger partial charge in [0.25, 0.3) is 0 Å². The lowest BCUT2D eigenvalue weighted by molar-refractivity contribution is -0.119. The number of hydrogen-bond acceptors (Lipinski definition) is 6. The third-order valence-electron chi connectivity index (χ3n) is 5.91. The predicted molar refractivity (Wildman–Crippen MR) is 110 cm³/mol. The molecule has 2 unspecified atom stereocenters. The zero-order chi connectivity index (χ0) is 20.0. The third-order valence-corrected chi connectivity index (χ3v) is 5.91. The maximum absolute atomic E-state index is 11.3. The minimum absolute atomic E-state index is 0.0276. The van der Waals surface area contributed by atoms with Crippen LogP contribution in [0.3, 0.4) is 0 Å². The second-order valence-corrected chi connectivity index (χ2v) is 8.20. The fourth-order valence-corrected chi connectivity index (χ4v) is 4.12. The Bertz CT molecular complexity index is 1030. The number of nitrogens with one attached hydrogen (secondary N) is 3. The molecule has 3 N–H and O–H groups in total. The van der Waals surface area contributed by atoms with Crippen molar-refractivity contribution in [1.82, 2.24) is 29.9 Å². The van der Waals surface area contributed by atoms with E-state index in [-0.39, 0.29) is 11.9 Å². The van der Waals surface area contributed by atoms with Gasteiger partial charge in [-0.15, -0.1) is 0 Å². The van der Waals surface area contributed by atoms with Gasteiger partial charge >= 0.3 is 0 Å². The van der Waals surface area contributed by atoms with Gasteiger partial charge in [0.2, 0.25) is 17.8 Å². The van der Waals surface area contributed by atoms with Crippen LogP contribution in [0.1, 0.15) is 44.7 Å². The molecule has 9 nitrogen and oxygen atoms in total. The molecule has 1 aliphatic carbocycles. The molecule has 0 radical (unpaired) electrons. The van der Waals surface area contributed by atoms with Gasteiger partial charge in [0.1, 0.15) is 5.65 Å². The molecule has 2 aliphatic rings. The first kappa shape index (κ1) is 18.0. The van der Waals surface area contributed by atoms with Crippen LogP contribution in [-0.4, -0.2) is 49.6 Å². The summed E-state index contributed by atoms with van der Waals surface area (Å²) in [6, 6.07) is 6.24. The van der Waals surface area contributed by atoms with Crippen molar-refractivity contribution in [2.24, 2.45) is 5.92 Å². The second-order valence-electron chi connectivity index (χ2n) is 8.20. The summed E-state index contributed by atoms with van der Waals surface area (Å²) in [6.45, 7) is 5.45. The Morgan fingerprint density at radius 3 is 2.79 bits per heavy atom. The normalized spacial score (nSPS) is 22.1. The summed E-state index contributed by atoms with van der Waals surface area (Å²) in [5.74, 6) is 3.51. The highest BCUT2D eigenvalue weighted by Crippen LogP contribution is 2.46. The van der Waals surface area contributed by atoms with E-state index < -0.39 is 0 Å². The minimum Gasteiger partial charge on any atom is -0.353 e. The smallest absolute Gasteiger partial charge is 0.230 e. The van der Waals surface area contributed by atoms with E-state index in [1.807, 2.05) is 22.7 Å². The van der Waals surface area contributed by atoms with Crippen LogP contribution < -0.4 is 15.5 Å². The molecule has 152 valence electrons. The molecule has 3 aromatic heterocycles. The molecule has 1 saturated heterocycles. The van der Waals surface area contributed by atoms with Crippen LogP contribution in [0.2, 0.25) is 0 Å². The number of fused-ring (bicyclic) bond motifs is 1. The molecule has 4 heterocycles. The van der Waals surface area contributed by atoms with Gasteiger partial charge in [0.15, 0.2) is 5.82 Å². The van der Waals surface area contributed by atoms with E-state index in [9.17, 15) is 4.79 Å².